The summed E-state index contributed by atoms with van der Waals surface area (Å²) in [5.74, 6) is -0.232. The molecule has 2 saturated heterocycles. The Hall–Kier alpha value is -2.21. The average molecular weight is 344 g/mol. The van der Waals surface area contributed by atoms with Gasteiger partial charge in [0, 0.05) is 18.8 Å². The Morgan fingerprint density at radius 1 is 1.16 bits per heavy atom. The molecule has 2 fully saturated rings. The van der Waals surface area contributed by atoms with Crippen molar-refractivity contribution in [3.8, 4) is 0 Å². The minimum atomic E-state index is -0.342. The summed E-state index contributed by atoms with van der Waals surface area (Å²) >= 11 is 0. The molecule has 0 aliphatic carbocycles. The van der Waals surface area contributed by atoms with Crippen molar-refractivity contribution in [3.05, 3.63) is 29.8 Å². The molecule has 0 bridgehead atoms. The fourth-order valence-corrected chi connectivity index (χ4v) is 3.85. The molecule has 1 aromatic rings. The molecular weight excluding hydrogens is 318 g/mol. The Bertz CT molecular complexity index is 676. The number of primary amides is 1. The van der Waals surface area contributed by atoms with Gasteiger partial charge in [-0.2, -0.15) is 0 Å². The van der Waals surface area contributed by atoms with Crippen LogP contribution in [0.3, 0.4) is 0 Å². The van der Waals surface area contributed by atoms with Gasteiger partial charge < -0.3 is 10.6 Å². The largest absolute Gasteiger partial charge is 0.369 e. The number of rotatable bonds is 4. The fourth-order valence-electron chi connectivity index (χ4n) is 3.85. The molecule has 0 spiro atoms. The van der Waals surface area contributed by atoms with Crippen LogP contribution < -0.4 is 15.5 Å². The zero-order valence-electron chi connectivity index (χ0n) is 14.8. The highest BCUT2D eigenvalue weighted by atomic mass is 16.2. The summed E-state index contributed by atoms with van der Waals surface area (Å²) < 4.78 is 0. The molecule has 3 N–H and O–H groups in total. The SMILES string of the molecule is CC(C)c1ccc(N2C(=O)C[C@@H]([NH+]3CCC(C(N)=O)CC3)C2=O)cc1. The number of piperidine rings is 1. The van der Waals surface area contributed by atoms with Gasteiger partial charge in [0.1, 0.15) is 0 Å². The Kier molecular flexibility index (Phi) is 4.90. The van der Waals surface area contributed by atoms with E-state index < -0.39 is 0 Å². The number of imide groups is 1. The predicted octanol–water partition coefficient (Wildman–Crippen LogP) is 0.222. The molecule has 2 aliphatic heterocycles. The van der Waals surface area contributed by atoms with Gasteiger partial charge in [-0.05, 0) is 23.6 Å². The number of carbonyl (C=O) groups excluding carboxylic acids is 3. The average Bonchev–Trinajstić information content (AvgIpc) is 2.89. The van der Waals surface area contributed by atoms with Crippen LogP contribution >= 0.6 is 0 Å². The van der Waals surface area contributed by atoms with E-state index in [1.165, 1.54) is 10.5 Å². The van der Waals surface area contributed by atoms with Crippen LogP contribution in [-0.2, 0) is 14.4 Å². The molecule has 1 aromatic carbocycles. The summed E-state index contributed by atoms with van der Waals surface area (Å²) in [6, 6.07) is 7.30. The van der Waals surface area contributed by atoms with Gasteiger partial charge in [0.2, 0.25) is 11.8 Å². The number of nitrogens with two attached hydrogens (primary N) is 1. The van der Waals surface area contributed by atoms with Crippen molar-refractivity contribution in [2.24, 2.45) is 11.7 Å². The van der Waals surface area contributed by atoms with E-state index in [0.29, 0.717) is 37.5 Å². The molecule has 25 heavy (non-hydrogen) atoms. The third-order valence-corrected chi connectivity index (χ3v) is 5.49. The zero-order valence-corrected chi connectivity index (χ0v) is 14.8. The zero-order chi connectivity index (χ0) is 18.1. The molecule has 2 heterocycles. The van der Waals surface area contributed by atoms with E-state index in [0.717, 1.165) is 4.90 Å². The van der Waals surface area contributed by atoms with Crippen LogP contribution in [0.1, 0.15) is 44.6 Å². The van der Waals surface area contributed by atoms with Crippen LogP contribution in [-0.4, -0.2) is 36.9 Å². The molecule has 1 atom stereocenters. The van der Waals surface area contributed by atoms with E-state index in [2.05, 4.69) is 13.8 Å². The predicted molar refractivity (Wildman–Crippen MR) is 94.0 cm³/mol. The van der Waals surface area contributed by atoms with E-state index >= 15 is 0 Å². The van der Waals surface area contributed by atoms with Gasteiger partial charge in [0.15, 0.2) is 6.04 Å². The van der Waals surface area contributed by atoms with Crippen molar-refractivity contribution in [3.63, 3.8) is 0 Å². The van der Waals surface area contributed by atoms with Crippen molar-refractivity contribution >= 4 is 23.4 Å². The van der Waals surface area contributed by atoms with Gasteiger partial charge in [0.05, 0.1) is 25.2 Å². The van der Waals surface area contributed by atoms with E-state index in [4.69, 9.17) is 5.73 Å². The van der Waals surface area contributed by atoms with E-state index in [1.807, 2.05) is 24.3 Å². The topological polar surface area (TPSA) is 84.9 Å². The van der Waals surface area contributed by atoms with Gasteiger partial charge >= 0.3 is 0 Å². The second-order valence-corrected chi connectivity index (χ2v) is 7.41. The minimum Gasteiger partial charge on any atom is -0.369 e. The van der Waals surface area contributed by atoms with E-state index in [-0.39, 0.29) is 36.1 Å². The van der Waals surface area contributed by atoms with Crippen LogP contribution in [0.5, 0.6) is 0 Å². The molecule has 3 rings (SSSR count). The number of benzene rings is 1. The highest BCUT2D eigenvalue weighted by Gasteiger charge is 2.46. The van der Waals surface area contributed by atoms with Crippen molar-refractivity contribution in [1.29, 1.82) is 0 Å². The highest BCUT2D eigenvalue weighted by Crippen LogP contribution is 2.25. The number of hydrogen-bond acceptors (Lipinski definition) is 3. The Labute approximate surface area is 148 Å². The number of amides is 3. The minimum absolute atomic E-state index is 0.101. The van der Waals surface area contributed by atoms with Crippen LogP contribution in [0, 0.1) is 5.92 Å². The molecule has 6 nitrogen and oxygen atoms in total. The lowest BCUT2D eigenvalue weighted by Crippen LogP contribution is -3.17. The Morgan fingerprint density at radius 2 is 1.76 bits per heavy atom. The number of carbonyl (C=O) groups is 3. The second kappa shape index (κ2) is 6.96. The number of nitrogens with zero attached hydrogens (tertiary/aromatic N) is 1. The van der Waals surface area contributed by atoms with Crippen LogP contribution in [0.25, 0.3) is 0 Å². The first-order valence-electron chi connectivity index (χ1n) is 8.99. The van der Waals surface area contributed by atoms with Crippen LogP contribution in [0.4, 0.5) is 5.69 Å². The quantitative estimate of drug-likeness (QED) is 0.767. The second-order valence-electron chi connectivity index (χ2n) is 7.41. The lowest BCUT2D eigenvalue weighted by molar-refractivity contribution is -0.920. The van der Waals surface area contributed by atoms with Gasteiger partial charge in [0.25, 0.3) is 5.91 Å². The van der Waals surface area contributed by atoms with Crippen molar-refractivity contribution in [1.82, 2.24) is 0 Å². The van der Waals surface area contributed by atoms with Gasteiger partial charge in [-0.3, -0.25) is 14.4 Å². The summed E-state index contributed by atoms with van der Waals surface area (Å²) in [4.78, 5) is 39.0. The Balaban J connectivity index is 1.71. The smallest absolute Gasteiger partial charge is 0.292 e. The summed E-state index contributed by atoms with van der Waals surface area (Å²) in [6.07, 6.45) is 1.61. The highest BCUT2D eigenvalue weighted by molar-refractivity contribution is 6.21. The molecule has 0 radical (unpaired) electrons. The third-order valence-electron chi connectivity index (χ3n) is 5.49. The molecule has 2 aliphatic rings. The number of likely N-dealkylation sites (tertiary alicyclic amines) is 1. The monoisotopic (exact) mass is 344 g/mol. The lowest BCUT2D eigenvalue weighted by Gasteiger charge is -2.30. The molecule has 134 valence electrons. The van der Waals surface area contributed by atoms with Gasteiger partial charge in [-0.1, -0.05) is 26.0 Å². The lowest BCUT2D eigenvalue weighted by atomic mass is 9.95. The number of quaternary nitrogens is 1. The van der Waals surface area contributed by atoms with Crippen molar-refractivity contribution < 1.29 is 19.3 Å². The first kappa shape index (κ1) is 17.6. The molecule has 0 aromatic heterocycles. The Morgan fingerprint density at radius 3 is 2.28 bits per heavy atom. The van der Waals surface area contributed by atoms with Crippen molar-refractivity contribution in [2.75, 3.05) is 18.0 Å². The summed E-state index contributed by atoms with van der Waals surface area (Å²) in [5.41, 5.74) is 7.20. The summed E-state index contributed by atoms with van der Waals surface area (Å²) in [5, 5.41) is 0. The molecular formula is C19H26N3O3+. The first-order valence-corrected chi connectivity index (χ1v) is 8.99. The molecule has 6 heteroatoms. The maximum atomic E-state index is 12.8. The normalized spacial score (nSPS) is 27.2. The van der Waals surface area contributed by atoms with Crippen molar-refractivity contribution in [2.45, 2.75) is 45.1 Å². The first-order chi connectivity index (χ1) is 11.9. The summed E-state index contributed by atoms with van der Waals surface area (Å²) in [7, 11) is 0. The maximum Gasteiger partial charge on any atom is 0.292 e. The van der Waals surface area contributed by atoms with Gasteiger partial charge in [-0.25, -0.2) is 4.90 Å². The van der Waals surface area contributed by atoms with Crippen LogP contribution in [0.15, 0.2) is 24.3 Å². The number of anilines is 1. The maximum absolute atomic E-state index is 12.8. The third kappa shape index (κ3) is 3.44. The van der Waals surface area contributed by atoms with Crippen LogP contribution in [0.2, 0.25) is 0 Å². The van der Waals surface area contributed by atoms with E-state index in [1.54, 1.807) is 0 Å². The fraction of sp³-hybridized carbons (Fsp3) is 0.526. The van der Waals surface area contributed by atoms with Gasteiger partial charge in [-0.15, -0.1) is 0 Å². The van der Waals surface area contributed by atoms with E-state index in [9.17, 15) is 14.4 Å². The summed E-state index contributed by atoms with van der Waals surface area (Å²) in [6.45, 7) is 5.63. The number of nitrogens with one attached hydrogen (secondary N) is 1. The molecule has 0 unspecified atom stereocenters. The standard InChI is InChI=1S/C19H25N3O3/c1-12(2)13-3-5-15(6-4-13)22-17(23)11-16(19(22)25)21-9-7-14(8-10-21)18(20)24/h3-6,12,14,16H,7-11H2,1-2H3,(H2,20,24)/p+1/t16-/m1/s1. The molecule has 0 saturated carbocycles. The number of hydrogen-bond donors (Lipinski definition) is 2. The molecule has 3 amide bonds.